The minimum Gasteiger partial charge on any atom is -0.862 e. The summed E-state index contributed by atoms with van der Waals surface area (Å²) in [6.45, 7) is -0.0551. The van der Waals surface area contributed by atoms with Gasteiger partial charge in [-0.25, -0.2) is 4.18 Å². The first-order valence-electron chi connectivity index (χ1n) is 12.1. The number of hydrogen-bond acceptors (Lipinski definition) is 15. The first-order valence-corrected chi connectivity index (χ1v) is 13.5. The molecule has 2 saturated heterocycles. The van der Waals surface area contributed by atoms with Crippen LogP contribution in [0.2, 0.25) is 0 Å². The van der Waals surface area contributed by atoms with Gasteiger partial charge in [-0.3, -0.25) is 9.55 Å². The third-order valence-corrected chi connectivity index (χ3v) is 6.43. The number of aliphatic hydroxyl groups excluding tert-OH is 5. The molecule has 0 spiro atoms. The summed E-state index contributed by atoms with van der Waals surface area (Å²) in [5.74, 6) is -0.696. The van der Waals surface area contributed by atoms with E-state index in [9.17, 15) is 39.1 Å². The molecule has 18 nitrogen and oxygen atoms in total. The van der Waals surface area contributed by atoms with Crippen molar-refractivity contribution in [3.63, 3.8) is 0 Å². The van der Waals surface area contributed by atoms with Crippen molar-refractivity contribution in [1.82, 2.24) is 0 Å². The number of unbranched alkanes of at least 4 members (excludes halogenated alkanes) is 3. The van der Waals surface area contributed by atoms with Crippen LogP contribution in [0.3, 0.4) is 0 Å². The Labute approximate surface area is 252 Å². The van der Waals surface area contributed by atoms with Crippen molar-refractivity contribution in [3.8, 4) is 0 Å². The van der Waals surface area contributed by atoms with Crippen LogP contribution in [0.4, 0.5) is 0 Å². The molecule has 0 aromatic heterocycles. The quantitative estimate of drug-likeness (QED) is 0.0147. The molecule has 0 saturated carbocycles. The zero-order valence-corrected chi connectivity index (χ0v) is 24.9. The van der Waals surface area contributed by atoms with Gasteiger partial charge in [-0.05, 0) is 31.2 Å². The van der Waals surface area contributed by atoms with Gasteiger partial charge in [0.05, 0.1) is 13.2 Å². The van der Waals surface area contributed by atoms with Gasteiger partial charge in [-0.1, -0.05) is 18.0 Å². The van der Waals surface area contributed by atoms with Crippen LogP contribution in [-0.2, 0) is 33.5 Å². The van der Waals surface area contributed by atoms with Gasteiger partial charge in [0.2, 0.25) is 0 Å². The number of aliphatic imine (C=N–C) groups is 1. The molecule has 0 aliphatic carbocycles. The Bertz CT molecular complexity index is 938. The van der Waals surface area contributed by atoms with Crippen molar-refractivity contribution in [2.75, 3.05) is 26.4 Å². The minimum absolute atomic E-state index is 0. The van der Waals surface area contributed by atoms with Gasteiger partial charge in [-0.2, -0.15) is 8.42 Å². The Kier molecular flexibility index (Phi) is 16.9. The third kappa shape index (κ3) is 11.5. The van der Waals surface area contributed by atoms with Crippen molar-refractivity contribution in [2.45, 2.75) is 94.0 Å². The topological polar surface area (TPSA) is 286 Å². The summed E-state index contributed by atoms with van der Waals surface area (Å²) in [7, 11) is -4.94. The van der Waals surface area contributed by atoms with E-state index in [0.717, 1.165) is 13.3 Å². The van der Waals surface area contributed by atoms with Crippen molar-refractivity contribution in [3.05, 3.63) is 10.4 Å². The van der Waals surface area contributed by atoms with E-state index >= 15 is 0 Å². The number of azide groups is 1. The number of hydrogen-bond donors (Lipinski definition) is 6. The van der Waals surface area contributed by atoms with E-state index in [4.69, 9.17) is 29.0 Å². The van der Waals surface area contributed by atoms with Gasteiger partial charge >= 0.3 is 40.0 Å². The Balaban J connectivity index is 0.00000800. The maximum absolute atomic E-state index is 11.9. The molecule has 20 heteroatoms. The van der Waals surface area contributed by atoms with Crippen LogP contribution >= 0.6 is 0 Å². The molecule has 2 aliphatic heterocycles. The third-order valence-electron chi connectivity index (χ3n) is 5.99. The SMILES string of the molecule is CC([O-])=N[C@H]1[C@H](OCCCCCCN=[N+]=[N-])O[C@H](CO)[C@@H](O)[C@@H]1O[C@@H]1O[C@H](COS(=O)(=O)O)[C@H](O)[C@H](O)[C@H]1O.[Na+]. The van der Waals surface area contributed by atoms with Crippen LogP contribution in [0.5, 0.6) is 0 Å². The molecule has 10 atom stereocenters. The monoisotopic (exact) mass is 610 g/mol. The van der Waals surface area contributed by atoms with Gasteiger partial charge in [0, 0.05) is 18.1 Å². The Morgan fingerprint density at radius 1 is 1.00 bits per heavy atom. The van der Waals surface area contributed by atoms with E-state index in [1.54, 1.807) is 0 Å². The zero-order valence-electron chi connectivity index (χ0n) is 22.1. The van der Waals surface area contributed by atoms with Crippen LogP contribution < -0.4 is 34.7 Å². The molecule has 2 heterocycles. The van der Waals surface area contributed by atoms with Gasteiger partial charge in [-0.15, -0.1) is 0 Å². The Morgan fingerprint density at radius 2 is 1.65 bits per heavy atom. The molecular formula is C20H35N4NaO14S. The standard InChI is InChI=1S/C20H36N4O14S.Na/c1-10(26)23-13-18(38-20-17(30)16(29)14(27)12(37-20)9-35-39(31,32)33)15(28)11(8-25)36-19(13)34-7-5-3-2-4-6-22-24-21;/h11-20,25,27-30H,2-9H2,1H3,(H,23,26)(H,31,32,33);/q;+1/p-1/t11-,12-,13-,14+,15-,16+,17-,18-,19-,20+;/m1./s1. The molecule has 0 radical (unpaired) electrons. The predicted molar refractivity (Wildman–Crippen MR) is 126 cm³/mol. The summed E-state index contributed by atoms with van der Waals surface area (Å²) in [6, 6.07) is -1.34. The van der Waals surface area contributed by atoms with E-state index in [-0.39, 0.29) is 36.2 Å². The predicted octanol–water partition coefficient (Wildman–Crippen LogP) is -5.88. The fourth-order valence-corrected chi connectivity index (χ4v) is 4.36. The fourth-order valence-electron chi connectivity index (χ4n) is 4.05. The molecule has 6 N–H and O–H groups in total. The molecule has 40 heavy (non-hydrogen) atoms. The van der Waals surface area contributed by atoms with Crippen molar-refractivity contribution in [1.29, 1.82) is 0 Å². The van der Waals surface area contributed by atoms with E-state index in [1.165, 1.54) is 0 Å². The molecule has 2 rings (SSSR count). The molecule has 0 aromatic carbocycles. The summed E-state index contributed by atoms with van der Waals surface area (Å²) in [6.07, 6.45) is -12.2. The minimum atomic E-state index is -4.94. The normalized spacial score (nSPS) is 35.0. The Hall–Kier alpha value is -0.710. The number of rotatable bonds is 15. The van der Waals surface area contributed by atoms with Crippen LogP contribution in [-0.4, -0.2) is 132 Å². The van der Waals surface area contributed by atoms with Crippen LogP contribution in [0, 0.1) is 0 Å². The second kappa shape index (κ2) is 18.1. The fraction of sp³-hybridized carbons (Fsp3) is 0.950. The van der Waals surface area contributed by atoms with Crippen LogP contribution in [0.25, 0.3) is 10.4 Å². The number of ether oxygens (including phenoxy) is 4. The molecule has 0 bridgehead atoms. The maximum atomic E-state index is 11.9. The summed E-state index contributed by atoms with van der Waals surface area (Å²) < 4.78 is 57.1. The first-order chi connectivity index (χ1) is 18.4. The summed E-state index contributed by atoms with van der Waals surface area (Å²) >= 11 is 0. The van der Waals surface area contributed by atoms with E-state index < -0.39 is 90.9 Å². The smallest absolute Gasteiger partial charge is 0.862 e. The Morgan fingerprint density at radius 3 is 2.25 bits per heavy atom. The number of nitrogens with zero attached hydrogens (tertiary/aromatic N) is 4. The average Bonchev–Trinajstić information content (AvgIpc) is 2.87. The molecule has 2 aliphatic rings. The summed E-state index contributed by atoms with van der Waals surface area (Å²) in [4.78, 5) is 6.56. The summed E-state index contributed by atoms with van der Waals surface area (Å²) in [5, 5.41) is 66.6. The average molecular weight is 611 g/mol. The maximum Gasteiger partial charge on any atom is 1.00 e. The second-order valence-corrected chi connectivity index (χ2v) is 10.0. The molecule has 0 amide bonds. The second-order valence-electron chi connectivity index (χ2n) is 8.92. The van der Waals surface area contributed by atoms with Gasteiger partial charge < -0.3 is 49.6 Å². The van der Waals surface area contributed by atoms with E-state index in [0.29, 0.717) is 25.8 Å². The first kappa shape index (κ1) is 37.3. The van der Waals surface area contributed by atoms with E-state index in [1.807, 2.05) is 0 Å². The van der Waals surface area contributed by atoms with Crippen molar-refractivity contribution >= 4 is 16.3 Å². The molecule has 0 aromatic rings. The van der Waals surface area contributed by atoms with Crippen LogP contribution in [0.15, 0.2) is 10.1 Å². The van der Waals surface area contributed by atoms with Crippen LogP contribution in [0.1, 0.15) is 32.6 Å². The van der Waals surface area contributed by atoms with Crippen molar-refractivity contribution < 1.29 is 96.3 Å². The van der Waals surface area contributed by atoms with Crippen molar-refractivity contribution in [2.24, 2.45) is 10.1 Å². The molecule has 0 unspecified atom stereocenters. The summed E-state index contributed by atoms with van der Waals surface area (Å²) in [5.41, 5.74) is 8.29. The van der Waals surface area contributed by atoms with Gasteiger partial charge in [0.25, 0.3) is 0 Å². The largest absolute Gasteiger partial charge is 1.00 e. The molecular weight excluding hydrogens is 575 g/mol. The molecule has 2 fully saturated rings. The molecule has 226 valence electrons. The van der Waals surface area contributed by atoms with Gasteiger partial charge in [0.15, 0.2) is 12.6 Å². The van der Waals surface area contributed by atoms with E-state index in [2.05, 4.69) is 19.2 Å². The zero-order chi connectivity index (χ0) is 29.2. The number of aliphatic hydroxyl groups is 5. The van der Waals surface area contributed by atoms with Gasteiger partial charge in [0.1, 0.15) is 48.8 Å².